The number of anilines is 1. The lowest BCUT2D eigenvalue weighted by Gasteiger charge is -2.18. The second-order valence-corrected chi connectivity index (χ2v) is 6.81. The van der Waals surface area contributed by atoms with Crippen molar-refractivity contribution < 1.29 is 9.59 Å². The smallest absolute Gasteiger partial charge is 0.315 e. The number of amides is 3. The van der Waals surface area contributed by atoms with Crippen LogP contribution in [0.2, 0.25) is 0 Å². The van der Waals surface area contributed by atoms with E-state index in [0.29, 0.717) is 17.1 Å². The maximum atomic E-state index is 12.3. The third-order valence-corrected chi connectivity index (χ3v) is 4.51. The van der Waals surface area contributed by atoms with E-state index >= 15 is 0 Å². The van der Waals surface area contributed by atoms with Gasteiger partial charge in [-0.1, -0.05) is 30.3 Å². The predicted molar refractivity (Wildman–Crippen MR) is 110 cm³/mol. The molecular weight excluding hydrogens is 368 g/mol. The standard InChI is InChI=1S/C21H24N6O2/c1-14(23-21(29)24-15(2)19-26-22-13-27(19)3)17-10-7-11-18(12-17)25-20(28)16-8-5-4-6-9-16/h4-15H,1-3H3,(H,25,28)(H2,23,24,29)/t14-,15+/m1/s1. The van der Waals surface area contributed by atoms with Crippen LogP contribution in [0, 0.1) is 0 Å². The van der Waals surface area contributed by atoms with Crippen molar-refractivity contribution in [2.45, 2.75) is 25.9 Å². The van der Waals surface area contributed by atoms with E-state index < -0.39 is 0 Å². The summed E-state index contributed by atoms with van der Waals surface area (Å²) in [6, 6.07) is 15.6. The van der Waals surface area contributed by atoms with Crippen LogP contribution in [0.15, 0.2) is 60.9 Å². The van der Waals surface area contributed by atoms with E-state index in [0.717, 1.165) is 5.56 Å². The summed E-state index contributed by atoms with van der Waals surface area (Å²) in [5.74, 6) is 0.483. The Bertz CT molecular complexity index is 986. The molecule has 2 atom stereocenters. The van der Waals surface area contributed by atoms with E-state index in [-0.39, 0.29) is 24.0 Å². The predicted octanol–water partition coefficient (Wildman–Crippen LogP) is 3.19. The Labute approximate surface area is 169 Å². The van der Waals surface area contributed by atoms with Crippen LogP contribution >= 0.6 is 0 Å². The number of benzene rings is 2. The van der Waals surface area contributed by atoms with Crippen molar-refractivity contribution in [1.29, 1.82) is 0 Å². The summed E-state index contributed by atoms with van der Waals surface area (Å²) in [5.41, 5.74) is 2.12. The Morgan fingerprint density at radius 3 is 2.38 bits per heavy atom. The second-order valence-electron chi connectivity index (χ2n) is 6.81. The van der Waals surface area contributed by atoms with Gasteiger partial charge in [0.05, 0.1) is 12.1 Å². The van der Waals surface area contributed by atoms with E-state index in [4.69, 9.17) is 0 Å². The summed E-state index contributed by atoms with van der Waals surface area (Å²) < 4.78 is 1.76. The SMILES string of the molecule is C[C@H](NC(=O)N[C@H](C)c1cccc(NC(=O)c2ccccc2)c1)c1nncn1C. The van der Waals surface area contributed by atoms with Crippen LogP contribution in [0.4, 0.5) is 10.5 Å². The topological polar surface area (TPSA) is 101 Å². The van der Waals surface area contributed by atoms with Gasteiger partial charge in [0.1, 0.15) is 6.33 Å². The minimum absolute atomic E-state index is 0.182. The lowest BCUT2D eigenvalue weighted by molar-refractivity contribution is 0.102. The van der Waals surface area contributed by atoms with E-state index in [2.05, 4.69) is 26.1 Å². The Balaban J connectivity index is 1.60. The van der Waals surface area contributed by atoms with Gasteiger partial charge in [-0.25, -0.2) is 4.79 Å². The maximum absolute atomic E-state index is 12.3. The fourth-order valence-corrected chi connectivity index (χ4v) is 2.95. The van der Waals surface area contributed by atoms with Gasteiger partial charge in [0.25, 0.3) is 5.91 Å². The number of urea groups is 1. The first-order chi connectivity index (χ1) is 13.9. The number of aromatic nitrogens is 3. The number of nitrogens with zero attached hydrogens (tertiary/aromatic N) is 3. The molecule has 3 amide bonds. The van der Waals surface area contributed by atoms with Crippen LogP contribution < -0.4 is 16.0 Å². The third-order valence-electron chi connectivity index (χ3n) is 4.51. The lowest BCUT2D eigenvalue weighted by atomic mass is 10.1. The Morgan fingerprint density at radius 1 is 0.966 bits per heavy atom. The molecule has 0 unspecified atom stereocenters. The fraction of sp³-hybridized carbons (Fsp3) is 0.238. The van der Waals surface area contributed by atoms with Crippen molar-refractivity contribution in [2.24, 2.45) is 7.05 Å². The van der Waals surface area contributed by atoms with E-state index in [9.17, 15) is 9.59 Å². The van der Waals surface area contributed by atoms with Gasteiger partial charge in [-0.05, 0) is 43.7 Å². The van der Waals surface area contributed by atoms with Gasteiger partial charge in [-0.2, -0.15) is 0 Å². The van der Waals surface area contributed by atoms with Crippen LogP contribution in [0.1, 0.15) is 47.7 Å². The van der Waals surface area contributed by atoms with Crippen LogP contribution in [-0.2, 0) is 7.05 Å². The molecule has 8 nitrogen and oxygen atoms in total. The summed E-state index contributed by atoms with van der Waals surface area (Å²) in [5, 5.41) is 16.4. The zero-order valence-corrected chi connectivity index (χ0v) is 16.6. The van der Waals surface area contributed by atoms with Crippen LogP contribution in [0.3, 0.4) is 0 Å². The molecule has 3 aromatic rings. The largest absolute Gasteiger partial charge is 0.332 e. The van der Waals surface area contributed by atoms with Crippen molar-refractivity contribution in [1.82, 2.24) is 25.4 Å². The van der Waals surface area contributed by atoms with Crippen molar-refractivity contribution in [3.05, 3.63) is 77.9 Å². The second kappa shape index (κ2) is 9.01. The monoisotopic (exact) mass is 392 g/mol. The van der Waals surface area contributed by atoms with Gasteiger partial charge < -0.3 is 20.5 Å². The average molecular weight is 392 g/mol. The first-order valence-corrected chi connectivity index (χ1v) is 9.31. The van der Waals surface area contributed by atoms with Crippen molar-refractivity contribution in [3.8, 4) is 0 Å². The van der Waals surface area contributed by atoms with Gasteiger partial charge in [0, 0.05) is 18.3 Å². The molecule has 0 radical (unpaired) electrons. The molecule has 150 valence electrons. The van der Waals surface area contributed by atoms with E-state index in [1.54, 1.807) is 23.0 Å². The molecule has 0 aliphatic carbocycles. The highest BCUT2D eigenvalue weighted by Gasteiger charge is 2.16. The highest BCUT2D eigenvalue weighted by Crippen LogP contribution is 2.18. The summed E-state index contributed by atoms with van der Waals surface area (Å²) in [4.78, 5) is 24.7. The van der Waals surface area contributed by atoms with Crippen molar-refractivity contribution in [3.63, 3.8) is 0 Å². The molecule has 8 heteroatoms. The zero-order chi connectivity index (χ0) is 20.8. The van der Waals surface area contributed by atoms with Crippen molar-refractivity contribution >= 4 is 17.6 Å². The molecule has 0 saturated heterocycles. The fourth-order valence-electron chi connectivity index (χ4n) is 2.95. The number of hydrogen-bond acceptors (Lipinski definition) is 4. The number of rotatable bonds is 6. The molecule has 0 spiro atoms. The molecule has 1 aromatic heterocycles. The minimum atomic E-state index is -0.313. The average Bonchev–Trinajstić information content (AvgIpc) is 3.14. The molecule has 2 aromatic carbocycles. The molecule has 0 aliphatic heterocycles. The molecule has 0 bridgehead atoms. The Morgan fingerprint density at radius 2 is 1.69 bits per heavy atom. The minimum Gasteiger partial charge on any atom is -0.332 e. The van der Waals surface area contributed by atoms with Crippen LogP contribution in [-0.4, -0.2) is 26.7 Å². The molecule has 3 N–H and O–H groups in total. The number of carbonyl (C=O) groups is 2. The number of aryl methyl sites for hydroxylation is 1. The lowest BCUT2D eigenvalue weighted by Crippen LogP contribution is -2.39. The van der Waals surface area contributed by atoms with E-state index in [1.165, 1.54) is 0 Å². The van der Waals surface area contributed by atoms with E-state index in [1.807, 2.05) is 63.4 Å². The van der Waals surface area contributed by atoms with Crippen LogP contribution in [0.5, 0.6) is 0 Å². The normalized spacial score (nSPS) is 12.7. The Kier molecular flexibility index (Phi) is 6.23. The summed E-state index contributed by atoms with van der Waals surface area (Å²) >= 11 is 0. The summed E-state index contributed by atoms with van der Waals surface area (Å²) in [7, 11) is 1.82. The van der Waals surface area contributed by atoms with Gasteiger partial charge in [0.15, 0.2) is 5.82 Å². The zero-order valence-electron chi connectivity index (χ0n) is 16.6. The Hall–Kier alpha value is -3.68. The highest BCUT2D eigenvalue weighted by molar-refractivity contribution is 6.04. The maximum Gasteiger partial charge on any atom is 0.315 e. The van der Waals surface area contributed by atoms with Gasteiger partial charge in [-0.3, -0.25) is 4.79 Å². The number of carbonyl (C=O) groups excluding carboxylic acids is 2. The summed E-state index contributed by atoms with van der Waals surface area (Å²) in [6.07, 6.45) is 1.59. The molecule has 3 rings (SSSR count). The number of nitrogens with one attached hydrogen (secondary N) is 3. The van der Waals surface area contributed by atoms with Gasteiger partial charge >= 0.3 is 6.03 Å². The van der Waals surface area contributed by atoms with Crippen LogP contribution in [0.25, 0.3) is 0 Å². The first-order valence-electron chi connectivity index (χ1n) is 9.31. The van der Waals surface area contributed by atoms with Gasteiger partial charge in [-0.15, -0.1) is 10.2 Å². The highest BCUT2D eigenvalue weighted by atomic mass is 16.2. The number of hydrogen-bond donors (Lipinski definition) is 3. The third kappa shape index (κ3) is 5.19. The quantitative estimate of drug-likeness (QED) is 0.600. The molecule has 0 fully saturated rings. The van der Waals surface area contributed by atoms with Gasteiger partial charge in [0.2, 0.25) is 0 Å². The molecular formula is C21H24N6O2. The molecule has 0 aliphatic rings. The van der Waals surface area contributed by atoms with Crippen molar-refractivity contribution in [2.75, 3.05) is 5.32 Å². The first kappa shape index (κ1) is 20.1. The molecule has 1 heterocycles. The summed E-state index contributed by atoms with van der Waals surface area (Å²) in [6.45, 7) is 3.72. The molecule has 29 heavy (non-hydrogen) atoms. The molecule has 0 saturated carbocycles.